The second-order valence-electron chi connectivity index (χ2n) is 6.50. The summed E-state index contributed by atoms with van der Waals surface area (Å²) in [6.45, 7) is 4.41. The Bertz CT molecular complexity index is 885. The first-order valence-corrected chi connectivity index (χ1v) is 9.45. The van der Waals surface area contributed by atoms with Crippen LogP contribution in [0.4, 0.5) is 24.5 Å². The van der Waals surface area contributed by atoms with Gasteiger partial charge in [0.25, 0.3) is 5.91 Å². The third-order valence-corrected chi connectivity index (χ3v) is 4.19. The number of hydrogen-bond donors (Lipinski definition) is 3. The Hall–Kier alpha value is -2.62. The summed E-state index contributed by atoms with van der Waals surface area (Å²) in [6, 6.07) is 5.37. The molecule has 9 heteroatoms. The lowest BCUT2D eigenvalue weighted by Gasteiger charge is -2.18. The van der Waals surface area contributed by atoms with Gasteiger partial charge < -0.3 is 25.2 Å². The van der Waals surface area contributed by atoms with Crippen LogP contribution in [-0.4, -0.2) is 37.9 Å². The zero-order valence-corrected chi connectivity index (χ0v) is 17.0. The van der Waals surface area contributed by atoms with Crippen molar-refractivity contribution >= 4 is 17.3 Å². The Balaban J connectivity index is 0.000000735. The van der Waals surface area contributed by atoms with Gasteiger partial charge in [-0.2, -0.15) is 0 Å². The average Bonchev–Trinajstić information content (AvgIpc) is 3.27. The highest BCUT2D eigenvalue weighted by molar-refractivity contribution is 6.00. The van der Waals surface area contributed by atoms with E-state index in [0.29, 0.717) is 12.2 Å². The van der Waals surface area contributed by atoms with Gasteiger partial charge in [-0.05, 0) is 37.1 Å². The number of aliphatic hydroxyl groups excluding tert-OH is 1. The number of carbonyl (C=O) groups excluding carboxylic acids is 1. The number of halogens is 3. The molecule has 6 nitrogen and oxygen atoms in total. The zero-order chi connectivity index (χ0) is 22.3. The summed E-state index contributed by atoms with van der Waals surface area (Å²) in [5.41, 5.74) is -0.308. The SMILES string of the molecule is CCCO.CNC(=O)c1cc(C2OCCO2)c(F)c(F)c1Nc1ccc(C)cc1F. The summed E-state index contributed by atoms with van der Waals surface area (Å²) >= 11 is 0. The molecular formula is C21H25F3N2O4. The van der Waals surface area contributed by atoms with Crippen LogP contribution >= 0.6 is 0 Å². The number of amides is 1. The highest BCUT2D eigenvalue weighted by Crippen LogP contribution is 2.34. The molecule has 0 radical (unpaired) electrons. The molecule has 3 N–H and O–H groups in total. The van der Waals surface area contributed by atoms with Gasteiger partial charge >= 0.3 is 0 Å². The van der Waals surface area contributed by atoms with Gasteiger partial charge in [-0.1, -0.05) is 13.0 Å². The second kappa shape index (κ2) is 11.0. The van der Waals surface area contributed by atoms with Crippen molar-refractivity contribution in [3.05, 3.63) is 58.4 Å². The molecule has 0 unspecified atom stereocenters. The number of aryl methyl sites for hydroxylation is 1. The Kier molecular flexibility index (Phi) is 8.64. The van der Waals surface area contributed by atoms with Gasteiger partial charge in [-0.3, -0.25) is 4.79 Å². The molecular weight excluding hydrogens is 401 g/mol. The summed E-state index contributed by atoms with van der Waals surface area (Å²) in [5.74, 6) is -3.86. The van der Waals surface area contributed by atoms with E-state index in [1.54, 1.807) is 13.0 Å². The Morgan fingerprint density at radius 3 is 2.33 bits per heavy atom. The van der Waals surface area contributed by atoms with Crippen molar-refractivity contribution in [3.8, 4) is 0 Å². The fourth-order valence-electron chi connectivity index (χ4n) is 2.65. The van der Waals surface area contributed by atoms with Crippen LogP contribution in [0.1, 0.15) is 41.1 Å². The summed E-state index contributed by atoms with van der Waals surface area (Å²) in [7, 11) is 1.35. The monoisotopic (exact) mass is 426 g/mol. The third-order valence-electron chi connectivity index (χ3n) is 4.19. The second-order valence-corrected chi connectivity index (χ2v) is 6.50. The van der Waals surface area contributed by atoms with Crippen LogP contribution in [0.25, 0.3) is 0 Å². The van der Waals surface area contributed by atoms with Gasteiger partial charge in [0.15, 0.2) is 17.9 Å². The first-order valence-electron chi connectivity index (χ1n) is 9.45. The molecule has 0 atom stereocenters. The fourth-order valence-corrected chi connectivity index (χ4v) is 2.65. The van der Waals surface area contributed by atoms with Crippen LogP contribution in [0, 0.1) is 24.4 Å². The lowest BCUT2D eigenvalue weighted by molar-refractivity contribution is -0.0468. The fraction of sp³-hybridized carbons (Fsp3) is 0.381. The molecule has 164 valence electrons. The number of carbonyl (C=O) groups is 1. The van der Waals surface area contributed by atoms with Crippen molar-refractivity contribution in [1.82, 2.24) is 5.32 Å². The predicted octanol–water partition coefficient (Wildman–Crippen LogP) is 3.95. The smallest absolute Gasteiger partial charge is 0.253 e. The van der Waals surface area contributed by atoms with Crippen molar-refractivity contribution in [2.24, 2.45) is 0 Å². The Labute approximate surface area is 173 Å². The van der Waals surface area contributed by atoms with Gasteiger partial charge in [0.2, 0.25) is 0 Å². The molecule has 2 aromatic rings. The first-order chi connectivity index (χ1) is 14.3. The van der Waals surface area contributed by atoms with E-state index in [1.165, 1.54) is 19.2 Å². The van der Waals surface area contributed by atoms with E-state index < -0.39 is 35.3 Å². The molecule has 0 spiro atoms. The normalized spacial score (nSPS) is 13.6. The van der Waals surface area contributed by atoms with Crippen molar-refractivity contribution < 1.29 is 32.5 Å². The van der Waals surface area contributed by atoms with Crippen LogP contribution in [0.2, 0.25) is 0 Å². The predicted molar refractivity (Wildman–Crippen MR) is 106 cm³/mol. The van der Waals surface area contributed by atoms with Gasteiger partial charge in [0.05, 0.1) is 30.2 Å². The van der Waals surface area contributed by atoms with Crippen LogP contribution in [-0.2, 0) is 9.47 Å². The number of rotatable bonds is 5. The van der Waals surface area contributed by atoms with Crippen LogP contribution < -0.4 is 10.6 Å². The summed E-state index contributed by atoms with van der Waals surface area (Å²) in [5, 5.41) is 12.7. The van der Waals surface area contributed by atoms with Crippen molar-refractivity contribution in [3.63, 3.8) is 0 Å². The Morgan fingerprint density at radius 2 is 1.80 bits per heavy atom. The maximum absolute atomic E-state index is 14.7. The molecule has 3 rings (SSSR count). The highest BCUT2D eigenvalue weighted by Gasteiger charge is 2.29. The number of hydrogen-bond acceptors (Lipinski definition) is 5. The van der Waals surface area contributed by atoms with Crippen molar-refractivity contribution in [2.45, 2.75) is 26.6 Å². The maximum atomic E-state index is 14.7. The molecule has 1 aliphatic heterocycles. The van der Waals surface area contributed by atoms with E-state index in [4.69, 9.17) is 14.6 Å². The molecule has 0 saturated carbocycles. The van der Waals surface area contributed by atoms with Crippen LogP contribution in [0.3, 0.4) is 0 Å². The van der Waals surface area contributed by atoms with E-state index >= 15 is 0 Å². The molecule has 1 fully saturated rings. The number of anilines is 2. The topological polar surface area (TPSA) is 79.8 Å². The lowest BCUT2D eigenvalue weighted by Crippen LogP contribution is -2.21. The minimum atomic E-state index is -1.32. The molecule has 1 aliphatic rings. The largest absolute Gasteiger partial charge is 0.396 e. The standard InChI is InChI=1S/C18H17F3N2O3.C3H8O/c1-9-3-4-13(12(19)7-9)23-16-11(17(24)22-2)8-10(14(20)15(16)21)18-25-5-6-26-18;1-2-3-4/h3-4,7-8,18,23H,5-6H2,1-2H3,(H,22,24);4H,2-3H2,1H3. The number of ether oxygens (including phenoxy) is 2. The highest BCUT2D eigenvalue weighted by atomic mass is 19.2. The molecule has 1 saturated heterocycles. The van der Waals surface area contributed by atoms with Crippen LogP contribution in [0.15, 0.2) is 24.3 Å². The van der Waals surface area contributed by atoms with Gasteiger partial charge in [-0.25, -0.2) is 13.2 Å². The summed E-state index contributed by atoms with van der Waals surface area (Å²) in [4.78, 5) is 12.2. The van der Waals surface area contributed by atoms with E-state index in [9.17, 15) is 18.0 Å². The van der Waals surface area contributed by atoms with E-state index in [2.05, 4.69) is 10.6 Å². The number of nitrogens with one attached hydrogen (secondary N) is 2. The zero-order valence-electron chi connectivity index (χ0n) is 17.0. The maximum Gasteiger partial charge on any atom is 0.253 e. The number of aliphatic hydroxyl groups is 1. The van der Waals surface area contributed by atoms with E-state index in [1.807, 2.05) is 6.92 Å². The number of benzene rings is 2. The molecule has 0 bridgehead atoms. The quantitative estimate of drug-likeness (QED) is 0.675. The van der Waals surface area contributed by atoms with Crippen molar-refractivity contribution in [1.29, 1.82) is 0 Å². The van der Waals surface area contributed by atoms with Gasteiger partial charge in [-0.15, -0.1) is 0 Å². The van der Waals surface area contributed by atoms with Crippen LogP contribution in [0.5, 0.6) is 0 Å². The van der Waals surface area contributed by atoms with E-state index in [0.717, 1.165) is 12.5 Å². The van der Waals surface area contributed by atoms with Gasteiger partial charge in [0, 0.05) is 19.2 Å². The molecule has 30 heavy (non-hydrogen) atoms. The first kappa shape index (κ1) is 23.7. The summed E-state index contributed by atoms with van der Waals surface area (Å²) in [6.07, 6.45) is -0.224. The van der Waals surface area contributed by atoms with Gasteiger partial charge in [0.1, 0.15) is 5.82 Å². The lowest BCUT2D eigenvalue weighted by atomic mass is 10.0. The molecule has 2 aromatic carbocycles. The minimum Gasteiger partial charge on any atom is -0.396 e. The molecule has 0 aromatic heterocycles. The Morgan fingerprint density at radius 1 is 1.17 bits per heavy atom. The average molecular weight is 426 g/mol. The molecule has 1 heterocycles. The molecule has 0 aliphatic carbocycles. The molecule has 1 amide bonds. The third kappa shape index (κ3) is 5.50. The van der Waals surface area contributed by atoms with E-state index in [-0.39, 0.29) is 30.0 Å². The summed E-state index contributed by atoms with van der Waals surface area (Å²) < 4.78 is 53.7. The minimum absolute atomic E-state index is 0.0832. The van der Waals surface area contributed by atoms with Crippen molar-refractivity contribution in [2.75, 3.05) is 32.2 Å².